The molecule has 5 heteroatoms. The lowest BCUT2D eigenvalue weighted by molar-refractivity contribution is -0.121. The first-order valence-corrected chi connectivity index (χ1v) is 7.13. The molecule has 1 aromatic carbocycles. The number of amides is 3. The minimum absolute atomic E-state index is 0.162. The summed E-state index contributed by atoms with van der Waals surface area (Å²) in [5, 5.41) is 2.62. The van der Waals surface area contributed by atoms with Crippen LogP contribution in [-0.4, -0.2) is 11.9 Å². The number of para-hydroxylation sites is 1. The molecule has 110 valence electrons. The van der Waals surface area contributed by atoms with Crippen molar-refractivity contribution in [3.63, 3.8) is 0 Å². The first-order chi connectivity index (χ1) is 9.72. The van der Waals surface area contributed by atoms with Crippen molar-refractivity contribution in [1.82, 2.24) is 10.9 Å². The Kier molecular flexibility index (Phi) is 7.87. The van der Waals surface area contributed by atoms with E-state index in [1.807, 2.05) is 18.2 Å². The van der Waals surface area contributed by atoms with Crippen LogP contribution in [0.2, 0.25) is 0 Å². The lowest BCUT2D eigenvalue weighted by Crippen LogP contribution is -2.43. The zero-order valence-corrected chi connectivity index (χ0v) is 11.9. The molecule has 0 fully saturated rings. The average molecular weight is 277 g/mol. The van der Waals surface area contributed by atoms with Crippen molar-refractivity contribution in [3.05, 3.63) is 30.3 Å². The summed E-state index contributed by atoms with van der Waals surface area (Å²) < 4.78 is 0. The van der Waals surface area contributed by atoms with Gasteiger partial charge in [0.15, 0.2) is 0 Å². The van der Waals surface area contributed by atoms with Crippen molar-refractivity contribution >= 4 is 17.6 Å². The third-order valence-corrected chi connectivity index (χ3v) is 2.85. The Morgan fingerprint density at radius 3 is 2.35 bits per heavy atom. The minimum Gasteiger partial charge on any atom is -0.307 e. The number of carbonyl (C=O) groups excluding carboxylic acids is 2. The molecule has 0 aliphatic heterocycles. The first kappa shape index (κ1) is 16.0. The number of benzene rings is 1. The summed E-state index contributed by atoms with van der Waals surface area (Å²) in [4.78, 5) is 23.0. The Morgan fingerprint density at radius 1 is 0.950 bits per heavy atom. The standard InChI is InChI=1S/C15H23N3O2/c1-2-3-4-5-9-12-14(19)17-18-15(20)16-13-10-7-6-8-11-13/h6-8,10-11H,2-5,9,12H2,1H3,(H,17,19)(H2,16,18,20). The molecule has 0 bridgehead atoms. The summed E-state index contributed by atoms with van der Waals surface area (Å²) in [7, 11) is 0. The SMILES string of the molecule is CCCCCCCC(=O)NNC(=O)Nc1ccccc1. The molecule has 0 spiro atoms. The summed E-state index contributed by atoms with van der Waals surface area (Å²) in [6, 6.07) is 8.61. The molecule has 0 aliphatic rings. The van der Waals surface area contributed by atoms with Crippen molar-refractivity contribution in [2.45, 2.75) is 45.4 Å². The number of carbonyl (C=O) groups is 2. The molecule has 0 atom stereocenters. The molecular weight excluding hydrogens is 254 g/mol. The molecule has 0 aromatic heterocycles. The largest absolute Gasteiger partial charge is 0.337 e. The van der Waals surface area contributed by atoms with Crippen LogP contribution in [0.4, 0.5) is 10.5 Å². The molecule has 0 radical (unpaired) electrons. The van der Waals surface area contributed by atoms with Crippen LogP contribution < -0.4 is 16.2 Å². The normalized spacial score (nSPS) is 9.85. The van der Waals surface area contributed by atoms with Gasteiger partial charge in [0, 0.05) is 12.1 Å². The first-order valence-electron chi connectivity index (χ1n) is 7.13. The van der Waals surface area contributed by atoms with Crippen LogP contribution in [0, 0.1) is 0 Å². The second kappa shape index (κ2) is 9.83. The van der Waals surface area contributed by atoms with Crippen LogP contribution in [0.5, 0.6) is 0 Å². The molecule has 3 amide bonds. The Morgan fingerprint density at radius 2 is 1.65 bits per heavy atom. The number of anilines is 1. The number of rotatable bonds is 7. The van der Waals surface area contributed by atoms with Crippen molar-refractivity contribution in [1.29, 1.82) is 0 Å². The van der Waals surface area contributed by atoms with Gasteiger partial charge in [0.05, 0.1) is 0 Å². The summed E-state index contributed by atoms with van der Waals surface area (Å²) in [6.07, 6.45) is 5.90. The van der Waals surface area contributed by atoms with E-state index in [4.69, 9.17) is 0 Å². The second-order valence-corrected chi connectivity index (χ2v) is 4.66. The summed E-state index contributed by atoms with van der Waals surface area (Å²) in [5.41, 5.74) is 5.41. The van der Waals surface area contributed by atoms with E-state index < -0.39 is 6.03 Å². The van der Waals surface area contributed by atoms with Gasteiger partial charge in [0.1, 0.15) is 0 Å². The Balaban J connectivity index is 2.10. The van der Waals surface area contributed by atoms with Crippen LogP contribution in [0.1, 0.15) is 45.4 Å². The molecular formula is C15H23N3O2. The smallest absolute Gasteiger partial charge is 0.307 e. The second-order valence-electron chi connectivity index (χ2n) is 4.66. The van der Waals surface area contributed by atoms with Gasteiger partial charge in [-0.05, 0) is 18.6 Å². The number of urea groups is 1. The fraction of sp³-hybridized carbons (Fsp3) is 0.467. The molecule has 5 nitrogen and oxygen atoms in total. The molecule has 20 heavy (non-hydrogen) atoms. The highest BCUT2D eigenvalue weighted by atomic mass is 16.2. The van der Waals surface area contributed by atoms with Gasteiger partial charge >= 0.3 is 6.03 Å². The van der Waals surface area contributed by atoms with Crippen LogP contribution >= 0.6 is 0 Å². The fourth-order valence-corrected chi connectivity index (χ4v) is 1.76. The molecule has 0 saturated carbocycles. The lowest BCUT2D eigenvalue weighted by atomic mass is 10.1. The van der Waals surface area contributed by atoms with Gasteiger partial charge in [-0.2, -0.15) is 0 Å². The third kappa shape index (κ3) is 7.41. The van der Waals surface area contributed by atoms with Crippen LogP contribution in [0.25, 0.3) is 0 Å². The monoisotopic (exact) mass is 277 g/mol. The maximum Gasteiger partial charge on any atom is 0.337 e. The number of hydrazine groups is 1. The lowest BCUT2D eigenvalue weighted by Gasteiger charge is -2.08. The fourth-order valence-electron chi connectivity index (χ4n) is 1.76. The van der Waals surface area contributed by atoms with E-state index >= 15 is 0 Å². The molecule has 0 aliphatic carbocycles. The molecule has 3 N–H and O–H groups in total. The highest BCUT2D eigenvalue weighted by molar-refractivity contribution is 5.90. The van der Waals surface area contributed by atoms with E-state index in [-0.39, 0.29) is 5.91 Å². The zero-order valence-electron chi connectivity index (χ0n) is 11.9. The van der Waals surface area contributed by atoms with Crippen molar-refractivity contribution in [2.75, 3.05) is 5.32 Å². The number of hydrogen-bond donors (Lipinski definition) is 3. The molecule has 1 aromatic rings. The van der Waals surface area contributed by atoms with Gasteiger partial charge in [-0.1, -0.05) is 50.8 Å². The van der Waals surface area contributed by atoms with Crippen molar-refractivity contribution < 1.29 is 9.59 Å². The van der Waals surface area contributed by atoms with Gasteiger partial charge in [-0.3, -0.25) is 10.2 Å². The van der Waals surface area contributed by atoms with Gasteiger partial charge < -0.3 is 5.32 Å². The van der Waals surface area contributed by atoms with Crippen molar-refractivity contribution in [3.8, 4) is 0 Å². The number of unbranched alkanes of at least 4 members (excludes halogenated alkanes) is 4. The summed E-state index contributed by atoms with van der Waals surface area (Å²) in [6.45, 7) is 2.15. The number of hydrogen-bond acceptors (Lipinski definition) is 2. The average Bonchev–Trinajstić information content (AvgIpc) is 2.46. The van der Waals surface area contributed by atoms with Crippen molar-refractivity contribution in [2.24, 2.45) is 0 Å². The Bertz CT molecular complexity index is 407. The van der Waals surface area contributed by atoms with Crippen LogP contribution in [-0.2, 0) is 4.79 Å². The molecule has 1 rings (SSSR count). The zero-order chi connectivity index (χ0) is 14.6. The molecule has 0 heterocycles. The maximum atomic E-state index is 11.5. The van der Waals surface area contributed by atoms with E-state index in [1.54, 1.807) is 12.1 Å². The number of nitrogens with one attached hydrogen (secondary N) is 3. The van der Waals surface area contributed by atoms with Gasteiger partial charge in [0.25, 0.3) is 0 Å². The molecule has 0 unspecified atom stereocenters. The topological polar surface area (TPSA) is 70.2 Å². The summed E-state index contributed by atoms with van der Waals surface area (Å²) >= 11 is 0. The minimum atomic E-state index is -0.449. The highest BCUT2D eigenvalue weighted by Gasteiger charge is 2.04. The Labute approximate surface area is 120 Å². The van der Waals surface area contributed by atoms with E-state index in [1.165, 1.54) is 12.8 Å². The Hall–Kier alpha value is -2.04. The van der Waals surface area contributed by atoms with Gasteiger partial charge in [0.2, 0.25) is 5.91 Å². The van der Waals surface area contributed by atoms with E-state index in [9.17, 15) is 9.59 Å². The predicted molar refractivity (Wildman–Crippen MR) is 80.1 cm³/mol. The quantitative estimate of drug-likeness (QED) is 0.529. The van der Waals surface area contributed by atoms with Gasteiger partial charge in [-0.15, -0.1) is 0 Å². The van der Waals surface area contributed by atoms with E-state index in [0.717, 1.165) is 19.3 Å². The maximum absolute atomic E-state index is 11.5. The third-order valence-electron chi connectivity index (χ3n) is 2.85. The summed E-state index contributed by atoms with van der Waals surface area (Å²) in [5.74, 6) is -0.162. The van der Waals surface area contributed by atoms with Crippen LogP contribution in [0.15, 0.2) is 30.3 Å². The van der Waals surface area contributed by atoms with E-state index in [0.29, 0.717) is 12.1 Å². The molecule has 0 saturated heterocycles. The highest BCUT2D eigenvalue weighted by Crippen LogP contribution is 2.05. The van der Waals surface area contributed by atoms with E-state index in [2.05, 4.69) is 23.1 Å². The van der Waals surface area contributed by atoms with Gasteiger partial charge in [-0.25, -0.2) is 10.2 Å². The van der Waals surface area contributed by atoms with Crippen LogP contribution in [0.3, 0.4) is 0 Å². The predicted octanol–water partition coefficient (Wildman–Crippen LogP) is 3.20.